The second-order valence-electron chi connectivity index (χ2n) is 19.3. The zero-order chi connectivity index (χ0) is 43.2. The van der Waals surface area contributed by atoms with Crippen LogP contribution in [0.15, 0.2) is 199 Å². The Balaban J connectivity index is 0.907. The molecule has 0 fully saturated rings. The number of rotatable bonds is 6. The Morgan fingerprint density at radius 2 is 1.41 bits per heavy atom. The van der Waals surface area contributed by atoms with Gasteiger partial charge in [0.25, 0.3) is 0 Å². The predicted octanol–water partition coefficient (Wildman–Crippen LogP) is 15.1. The highest BCUT2D eigenvalue weighted by Crippen LogP contribution is 2.59. The van der Waals surface area contributed by atoms with Crippen molar-refractivity contribution in [3.8, 4) is 22.3 Å². The quantitative estimate of drug-likeness (QED) is 0.170. The van der Waals surface area contributed by atoms with Gasteiger partial charge in [-0.15, -0.1) is 0 Å². The molecular weight excluding hydrogens is 779 g/mol. The lowest BCUT2D eigenvalue weighted by Crippen LogP contribution is -2.35. The number of para-hydroxylation sites is 2. The van der Waals surface area contributed by atoms with E-state index in [-0.39, 0.29) is 28.8 Å². The highest BCUT2D eigenvalue weighted by atomic mass is 16.5. The number of hydrogen-bond acceptors (Lipinski definition) is 3. The van der Waals surface area contributed by atoms with Crippen LogP contribution in [0.25, 0.3) is 55.2 Å². The van der Waals surface area contributed by atoms with Gasteiger partial charge in [-0.05, 0) is 115 Å². The molecule has 0 spiro atoms. The molecule has 2 aliphatic heterocycles. The first-order valence-corrected chi connectivity index (χ1v) is 23.2. The molecule has 3 aliphatic carbocycles. The second-order valence-corrected chi connectivity index (χ2v) is 19.3. The molecule has 4 nitrogen and oxygen atoms in total. The molecular formula is C60H53N3O. The Labute approximate surface area is 376 Å². The third kappa shape index (κ3) is 6.13. The Bertz CT molecular complexity index is 3160. The van der Waals surface area contributed by atoms with E-state index in [9.17, 15) is 0 Å². The van der Waals surface area contributed by atoms with E-state index in [0.717, 1.165) is 42.2 Å². The van der Waals surface area contributed by atoms with Gasteiger partial charge in [0.15, 0.2) is 0 Å². The maximum atomic E-state index is 6.99. The topological polar surface area (TPSA) is 39.1 Å². The third-order valence-corrected chi connectivity index (χ3v) is 15.1. The van der Waals surface area contributed by atoms with Crippen LogP contribution in [-0.2, 0) is 10.3 Å². The van der Waals surface area contributed by atoms with Crippen LogP contribution >= 0.6 is 0 Å². The summed E-state index contributed by atoms with van der Waals surface area (Å²) in [6.45, 7) is 9.54. The molecule has 0 bridgehead atoms. The monoisotopic (exact) mass is 831 g/mol. The van der Waals surface area contributed by atoms with E-state index in [2.05, 4.69) is 220 Å². The van der Waals surface area contributed by atoms with Crippen molar-refractivity contribution < 1.29 is 4.74 Å². The van der Waals surface area contributed by atoms with Crippen molar-refractivity contribution in [2.24, 2.45) is 17.3 Å². The minimum absolute atomic E-state index is 0.0594. The van der Waals surface area contributed by atoms with E-state index in [4.69, 9.17) is 9.72 Å². The average Bonchev–Trinajstić information content (AvgIpc) is 3.85. The van der Waals surface area contributed by atoms with Crippen LogP contribution in [0.4, 0.5) is 5.69 Å². The Morgan fingerprint density at radius 3 is 2.11 bits per heavy atom. The number of nitrogens with zero attached hydrogens (tertiary/aromatic N) is 2. The average molecular weight is 832 g/mol. The number of benzene rings is 5. The first-order chi connectivity index (χ1) is 31.3. The molecule has 0 amide bonds. The molecule has 0 radical (unpaired) electrons. The summed E-state index contributed by atoms with van der Waals surface area (Å²) in [5.41, 5.74) is 15.5. The summed E-state index contributed by atoms with van der Waals surface area (Å²) in [6.07, 6.45) is 19.1. The highest BCUT2D eigenvalue weighted by molar-refractivity contribution is 6.08. The zero-order valence-electron chi connectivity index (χ0n) is 37.1. The standard InChI is InChI=1S/C60H53N3O/c1-38-34-49(57-58-56(60(4)30-16-15-25-55(60)64-58)47-27-26-43(35-51(47)62-57)40-17-7-5-8-18-40)39(2)33-48(38)52-37-44(41-19-9-6-10-20-41)36-50(61-52)42-28-31-59(3,32-29-42)63-53-23-13-11-21-45(53)46-22-12-14-24-54(46)63/h5-29,31,34-39,48,57,62H,30,32-33H2,1-4H3. The molecule has 6 atom stereocenters. The van der Waals surface area contributed by atoms with Crippen LogP contribution < -0.4 is 5.32 Å². The Kier molecular flexibility index (Phi) is 8.98. The largest absolute Gasteiger partial charge is 0.462 e. The van der Waals surface area contributed by atoms with Crippen molar-refractivity contribution in [3.05, 3.63) is 216 Å². The molecule has 5 aliphatic rings. The molecule has 1 N–H and O–H groups in total. The van der Waals surface area contributed by atoms with Crippen molar-refractivity contribution in [1.29, 1.82) is 0 Å². The van der Waals surface area contributed by atoms with E-state index in [1.807, 2.05) is 0 Å². The first-order valence-electron chi connectivity index (χ1n) is 23.2. The van der Waals surface area contributed by atoms with Crippen molar-refractivity contribution >= 4 is 38.6 Å². The minimum Gasteiger partial charge on any atom is -0.462 e. The fraction of sp³-hybridized carbons (Fsp3) is 0.217. The fourth-order valence-corrected chi connectivity index (χ4v) is 11.7. The van der Waals surface area contributed by atoms with Crippen LogP contribution in [0.1, 0.15) is 69.8 Å². The molecule has 6 unspecified atom stereocenters. The van der Waals surface area contributed by atoms with Crippen LogP contribution in [0.3, 0.4) is 0 Å². The summed E-state index contributed by atoms with van der Waals surface area (Å²) in [5, 5.41) is 6.67. The Hall–Kier alpha value is -6.91. The van der Waals surface area contributed by atoms with E-state index < -0.39 is 0 Å². The molecule has 2 aromatic heterocycles. The van der Waals surface area contributed by atoms with Crippen molar-refractivity contribution in [3.63, 3.8) is 0 Å². The SMILES string of the molecule is CC1CC(c2cc(-c3ccccc3)cc(C3=CCC(C)(n4c5ccccc5c5ccccc54)C=C3)n2)C(C)C=C1C1Nc2cc(-c3ccccc3)ccc2C2=C1OC1=CC=CCC12C. The predicted molar refractivity (Wildman–Crippen MR) is 266 cm³/mol. The highest BCUT2D eigenvalue weighted by Gasteiger charge is 2.50. The molecule has 0 saturated heterocycles. The molecule has 7 aromatic rings. The number of ether oxygens (including phenoxy) is 1. The summed E-state index contributed by atoms with van der Waals surface area (Å²) >= 11 is 0. The number of aromatic nitrogens is 2. The van der Waals surface area contributed by atoms with Crippen LogP contribution in [-0.4, -0.2) is 15.6 Å². The molecule has 0 saturated carbocycles. The van der Waals surface area contributed by atoms with E-state index in [1.54, 1.807) is 0 Å². The van der Waals surface area contributed by atoms with Crippen molar-refractivity contribution in [2.45, 2.75) is 64.5 Å². The summed E-state index contributed by atoms with van der Waals surface area (Å²) in [4.78, 5) is 5.60. The van der Waals surface area contributed by atoms with Crippen molar-refractivity contribution in [2.75, 3.05) is 5.32 Å². The zero-order valence-corrected chi connectivity index (χ0v) is 37.1. The van der Waals surface area contributed by atoms with Gasteiger partial charge in [0, 0.05) is 50.2 Å². The third-order valence-electron chi connectivity index (χ3n) is 15.1. The van der Waals surface area contributed by atoms with Crippen LogP contribution in [0.5, 0.6) is 0 Å². The van der Waals surface area contributed by atoms with Gasteiger partial charge in [-0.3, -0.25) is 4.98 Å². The minimum atomic E-state index is -0.224. The normalized spacial score (nSPS) is 25.8. The van der Waals surface area contributed by atoms with Gasteiger partial charge in [0.05, 0.1) is 16.6 Å². The number of pyridine rings is 1. The maximum Gasteiger partial charge on any atom is 0.135 e. The van der Waals surface area contributed by atoms with Crippen LogP contribution in [0, 0.1) is 17.3 Å². The van der Waals surface area contributed by atoms with Gasteiger partial charge in [0.2, 0.25) is 0 Å². The summed E-state index contributed by atoms with van der Waals surface area (Å²) in [6, 6.07) is 50.8. The molecule has 4 heteroatoms. The second kappa shape index (κ2) is 14.8. The smallest absolute Gasteiger partial charge is 0.135 e. The van der Waals surface area contributed by atoms with Gasteiger partial charge in [-0.1, -0.05) is 159 Å². The van der Waals surface area contributed by atoms with Gasteiger partial charge >= 0.3 is 0 Å². The number of anilines is 1. The lowest BCUT2D eigenvalue weighted by atomic mass is 9.69. The summed E-state index contributed by atoms with van der Waals surface area (Å²) in [5.74, 6) is 2.93. The number of allylic oxidation sites excluding steroid dienone is 9. The number of fused-ring (bicyclic) bond motifs is 7. The number of nitrogens with one attached hydrogen (secondary N) is 1. The molecule has 12 rings (SSSR count). The molecule has 5 aromatic carbocycles. The summed E-state index contributed by atoms with van der Waals surface area (Å²) in [7, 11) is 0. The fourth-order valence-electron chi connectivity index (χ4n) is 11.7. The van der Waals surface area contributed by atoms with E-state index in [1.165, 1.54) is 72.0 Å². The number of hydrogen-bond donors (Lipinski definition) is 1. The lowest BCUT2D eigenvalue weighted by Gasteiger charge is -2.39. The molecule has 4 heterocycles. The van der Waals surface area contributed by atoms with E-state index >= 15 is 0 Å². The molecule has 64 heavy (non-hydrogen) atoms. The van der Waals surface area contributed by atoms with Gasteiger partial charge < -0.3 is 14.6 Å². The van der Waals surface area contributed by atoms with Gasteiger partial charge in [-0.25, -0.2) is 0 Å². The van der Waals surface area contributed by atoms with Crippen molar-refractivity contribution in [1.82, 2.24) is 9.55 Å². The first kappa shape index (κ1) is 38.7. The molecule has 314 valence electrons. The van der Waals surface area contributed by atoms with Gasteiger partial charge in [-0.2, -0.15) is 0 Å². The van der Waals surface area contributed by atoms with Gasteiger partial charge in [0.1, 0.15) is 17.6 Å². The van der Waals surface area contributed by atoms with Crippen LogP contribution in [0.2, 0.25) is 0 Å². The van der Waals surface area contributed by atoms with E-state index in [0.29, 0.717) is 5.92 Å². The summed E-state index contributed by atoms with van der Waals surface area (Å²) < 4.78 is 9.53. The lowest BCUT2D eigenvalue weighted by molar-refractivity contribution is 0.255. The Morgan fingerprint density at radius 1 is 0.719 bits per heavy atom. The maximum absolute atomic E-state index is 6.99.